The molecule has 1 unspecified atom stereocenters. The van der Waals surface area contributed by atoms with Crippen LogP contribution in [0, 0.1) is 0 Å². The van der Waals surface area contributed by atoms with Crippen LogP contribution >= 0.6 is 11.6 Å². The Morgan fingerprint density at radius 2 is 2.20 bits per heavy atom. The summed E-state index contributed by atoms with van der Waals surface area (Å²) in [5.41, 5.74) is 0. The molecule has 0 saturated heterocycles. The van der Waals surface area contributed by atoms with Gasteiger partial charge < -0.3 is 9.87 Å². The van der Waals surface area contributed by atoms with Gasteiger partial charge in [-0.2, -0.15) is 0 Å². The summed E-state index contributed by atoms with van der Waals surface area (Å²) in [6.07, 6.45) is 0.0908. The van der Waals surface area contributed by atoms with Gasteiger partial charge in [-0.3, -0.25) is 10.1 Å². The largest absolute Gasteiger partial charge is 0.612 e. The Morgan fingerprint density at radius 1 is 1.53 bits per heavy atom. The number of hydrogen-bond acceptors (Lipinski definition) is 3. The van der Waals surface area contributed by atoms with Crippen LogP contribution in [0.4, 0.5) is 4.79 Å². The molecule has 86 valence electrons. The molecule has 7 heteroatoms. The summed E-state index contributed by atoms with van der Waals surface area (Å²) in [6, 6.07) is -0.605. The fourth-order valence-corrected chi connectivity index (χ4v) is 1.31. The molecule has 0 aromatic carbocycles. The molecule has 1 atom stereocenters. The Hall–Kier alpha value is -0.720. The lowest BCUT2D eigenvalue weighted by Gasteiger charge is -2.07. The van der Waals surface area contributed by atoms with Crippen molar-refractivity contribution in [3.8, 4) is 0 Å². The van der Waals surface area contributed by atoms with E-state index >= 15 is 0 Å². The number of hydrogen-bond donors (Lipinski definition) is 2. The fraction of sp³-hybridized carbons (Fsp3) is 0.500. The lowest BCUT2D eigenvalue weighted by Crippen LogP contribution is -2.41. The second-order valence-electron chi connectivity index (χ2n) is 2.49. The van der Waals surface area contributed by atoms with E-state index in [2.05, 4.69) is 17.2 Å². The highest BCUT2D eigenvalue weighted by atomic mass is 35.5. The van der Waals surface area contributed by atoms with Crippen molar-refractivity contribution in [1.29, 1.82) is 0 Å². The number of alkyl halides is 1. The van der Waals surface area contributed by atoms with E-state index in [1.54, 1.807) is 0 Å². The number of carbonyl (C=O) groups excluding carboxylic acids is 2. The van der Waals surface area contributed by atoms with E-state index in [-0.39, 0.29) is 24.6 Å². The number of amides is 3. The number of urea groups is 1. The van der Waals surface area contributed by atoms with Crippen LogP contribution in [0.3, 0.4) is 0 Å². The second-order valence-corrected chi connectivity index (χ2v) is 4.38. The molecule has 0 aliphatic rings. The van der Waals surface area contributed by atoms with Crippen LogP contribution in [0.15, 0.2) is 12.0 Å². The summed E-state index contributed by atoms with van der Waals surface area (Å²) in [5, 5.41) is 5.75. The third-order valence-corrected chi connectivity index (χ3v) is 2.52. The van der Waals surface area contributed by atoms with Crippen molar-refractivity contribution in [1.82, 2.24) is 10.6 Å². The van der Waals surface area contributed by atoms with Crippen molar-refractivity contribution >= 4 is 34.7 Å². The highest BCUT2D eigenvalue weighted by Crippen LogP contribution is 1.88. The van der Waals surface area contributed by atoms with E-state index < -0.39 is 23.1 Å². The van der Waals surface area contributed by atoms with E-state index in [9.17, 15) is 14.1 Å². The van der Waals surface area contributed by atoms with Crippen molar-refractivity contribution < 1.29 is 14.1 Å². The molecule has 0 spiro atoms. The molecule has 15 heavy (non-hydrogen) atoms. The molecular formula is C8H13ClN2O3S. The van der Waals surface area contributed by atoms with E-state index in [1.807, 2.05) is 0 Å². The zero-order valence-corrected chi connectivity index (χ0v) is 9.70. The quantitative estimate of drug-likeness (QED) is 0.528. The van der Waals surface area contributed by atoms with E-state index in [4.69, 9.17) is 11.6 Å². The molecule has 2 N–H and O–H groups in total. The zero-order valence-electron chi connectivity index (χ0n) is 8.12. The van der Waals surface area contributed by atoms with Gasteiger partial charge in [0.1, 0.15) is 11.2 Å². The minimum absolute atomic E-state index is 0.0908. The van der Waals surface area contributed by atoms with Gasteiger partial charge in [-0.1, -0.05) is 6.58 Å². The molecule has 0 rings (SSSR count). The monoisotopic (exact) mass is 252 g/mol. The van der Waals surface area contributed by atoms with E-state index in [0.717, 1.165) is 0 Å². The molecule has 0 radical (unpaired) electrons. The molecule has 0 fully saturated rings. The van der Waals surface area contributed by atoms with Crippen LogP contribution in [0.1, 0.15) is 6.42 Å². The Labute approximate surface area is 96.4 Å². The highest BCUT2D eigenvalue weighted by molar-refractivity contribution is 7.94. The summed E-state index contributed by atoms with van der Waals surface area (Å²) in [7, 11) is 0. The third kappa shape index (κ3) is 8.29. The number of imide groups is 1. The molecule has 0 heterocycles. The van der Waals surface area contributed by atoms with Gasteiger partial charge in [0.25, 0.3) is 0 Å². The molecule has 3 amide bonds. The minimum atomic E-state index is -1.14. The predicted octanol–water partition coefficient (Wildman–Crippen LogP) is 0.333. The van der Waals surface area contributed by atoms with Crippen molar-refractivity contribution in [2.45, 2.75) is 6.42 Å². The van der Waals surface area contributed by atoms with Gasteiger partial charge in [-0.05, 0) is 11.2 Å². The summed E-state index contributed by atoms with van der Waals surface area (Å²) >= 11 is 4.16. The molecule has 0 bridgehead atoms. The van der Waals surface area contributed by atoms with Gasteiger partial charge in [-0.25, -0.2) is 4.79 Å². The van der Waals surface area contributed by atoms with Crippen molar-refractivity contribution in [3.05, 3.63) is 12.0 Å². The highest BCUT2D eigenvalue weighted by Gasteiger charge is 2.07. The maximum Gasteiger partial charge on any atom is 0.321 e. The fourth-order valence-electron chi connectivity index (χ4n) is 0.668. The summed E-state index contributed by atoms with van der Waals surface area (Å²) < 4.78 is 10.9. The maximum atomic E-state index is 11.0. The first-order valence-electron chi connectivity index (χ1n) is 4.23. The molecule has 0 aliphatic heterocycles. The van der Waals surface area contributed by atoms with Crippen molar-refractivity contribution in [2.75, 3.05) is 18.2 Å². The zero-order chi connectivity index (χ0) is 11.7. The predicted molar refractivity (Wildman–Crippen MR) is 60.1 cm³/mol. The van der Waals surface area contributed by atoms with E-state index in [1.165, 1.54) is 5.41 Å². The van der Waals surface area contributed by atoms with Crippen LogP contribution < -0.4 is 10.6 Å². The Morgan fingerprint density at radius 3 is 2.73 bits per heavy atom. The van der Waals surface area contributed by atoms with Gasteiger partial charge in [0, 0.05) is 12.3 Å². The molecule has 0 aromatic heterocycles. The molecule has 0 aromatic rings. The first-order valence-corrected chi connectivity index (χ1v) is 6.15. The average molecular weight is 253 g/mol. The first-order chi connectivity index (χ1) is 7.10. The van der Waals surface area contributed by atoms with Gasteiger partial charge in [0.15, 0.2) is 0 Å². The minimum Gasteiger partial charge on any atom is -0.612 e. The SMILES string of the molecule is C=C[S+]([O-])CCNC(=O)NC(=O)CCCl. The topological polar surface area (TPSA) is 81.3 Å². The molecule has 5 nitrogen and oxygen atoms in total. The Kier molecular flexibility index (Phi) is 8.17. The second kappa shape index (κ2) is 8.58. The van der Waals surface area contributed by atoms with Gasteiger partial charge >= 0.3 is 6.03 Å². The summed E-state index contributed by atoms with van der Waals surface area (Å²) in [4.78, 5) is 21.9. The van der Waals surface area contributed by atoms with Crippen LogP contribution in [-0.4, -0.2) is 34.7 Å². The van der Waals surface area contributed by atoms with Gasteiger partial charge in [0.2, 0.25) is 5.91 Å². The van der Waals surface area contributed by atoms with Gasteiger partial charge in [0.05, 0.1) is 6.54 Å². The molecule has 0 saturated carbocycles. The average Bonchev–Trinajstić information content (AvgIpc) is 2.17. The normalized spacial score (nSPS) is 11.6. The maximum absolute atomic E-state index is 11.0. The molecular weight excluding hydrogens is 240 g/mol. The lowest BCUT2D eigenvalue weighted by atomic mass is 10.4. The Balaban J connectivity index is 3.57. The van der Waals surface area contributed by atoms with Crippen molar-refractivity contribution in [3.63, 3.8) is 0 Å². The van der Waals surface area contributed by atoms with E-state index in [0.29, 0.717) is 0 Å². The van der Waals surface area contributed by atoms with Crippen LogP contribution in [-0.2, 0) is 16.0 Å². The van der Waals surface area contributed by atoms with Crippen LogP contribution in [0.25, 0.3) is 0 Å². The van der Waals surface area contributed by atoms with Crippen molar-refractivity contribution in [2.24, 2.45) is 0 Å². The molecule has 0 aliphatic carbocycles. The van der Waals surface area contributed by atoms with Gasteiger partial charge in [-0.15, -0.1) is 11.6 Å². The number of nitrogens with one attached hydrogen (secondary N) is 2. The number of carbonyl (C=O) groups is 2. The third-order valence-electron chi connectivity index (χ3n) is 1.35. The summed E-state index contributed by atoms with van der Waals surface area (Å²) in [6.45, 7) is 3.55. The lowest BCUT2D eigenvalue weighted by molar-refractivity contribution is -0.119. The van der Waals surface area contributed by atoms with Crippen LogP contribution in [0.2, 0.25) is 0 Å². The standard InChI is InChI=1S/C8H13ClN2O3S/c1-2-15(14)6-5-10-8(13)11-7(12)3-4-9/h2H,1,3-6H2,(H2,10,11,12,13). The first kappa shape index (κ1) is 14.3. The number of halogens is 1. The Bertz CT molecular complexity index is 238. The smallest absolute Gasteiger partial charge is 0.321 e. The number of rotatable bonds is 6. The van der Waals surface area contributed by atoms with Crippen LogP contribution in [0.5, 0.6) is 0 Å². The summed E-state index contributed by atoms with van der Waals surface area (Å²) in [5.74, 6) is 0.00701.